The summed E-state index contributed by atoms with van der Waals surface area (Å²) in [5.41, 5.74) is 4.93. The number of hydrogen-bond donors (Lipinski definition) is 0. The zero-order chi connectivity index (χ0) is 15.2. The number of nitrogens with zero attached hydrogens (tertiary/aromatic N) is 1. The fourth-order valence-electron chi connectivity index (χ4n) is 1.50. The van der Waals surface area contributed by atoms with Gasteiger partial charge in [-0.2, -0.15) is 0 Å². The molecule has 0 aliphatic rings. The molecule has 0 atom stereocenters. The Morgan fingerprint density at radius 2 is 1.85 bits per heavy atom. The fraction of sp³-hybridized carbons (Fsp3) is 0.312. The summed E-state index contributed by atoms with van der Waals surface area (Å²) in [7, 11) is -3.54. The predicted octanol–water partition coefficient (Wildman–Crippen LogP) is 3.64. The van der Waals surface area contributed by atoms with E-state index in [4.69, 9.17) is 0 Å². The maximum absolute atomic E-state index is 12.6. The molecule has 0 spiro atoms. The van der Waals surface area contributed by atoms with Crippen molar-refractivity contribution in [3.05, 3.63) is 59.5 Å². The SMILES string of the molecule is CC=C=CN(CC=C(C)C)S(=O)(=O)c1ccc(C)cc1. The molecule has 4 heteroatoms. The van der Waals surface area contributed by atoms with Crippen LogP contribution < -0.4 is 0 Å². The lowest BCUT2D eigenvalue weighted by molar-refractivity contribution is 0.522. The van der Waals surface area contributed by atoms with Crippen LogP contribution in [0.3, 0.4) is 0 Å². The topological polar surface area (TPSA) is 37.4 Å². The summed E-state index contributed by atoms with van der Waals surface area (Å²) in [6, 6.07) is 6.85. The molecule has 0 unspecified atom stereocenters. The van der Waals surface area contributed by atoms with E-state index in [-0.39, 0.29) is 0 Å². The highest BCUT2D eigenvalue weighted by Crippen LogP contribution is 2.17. The number of rotatable bonds is 5. The molecule has 0 fully saturated rings. The Hall–Kier alpha value is -1.77. The van der Waals surface area contributed by atoms with E-state index in [0.29, 0.717) is 11.4 Å². The summed E-state index contributed by atoms with van der Waals surface area (Å²) in [6.45, 7) is 7.91. The lowest BCUT2D eigenvalue weighted by Crippen LogP contribution is -2.26. The standard InChI is InChI=1S/C16H21NO2S/c1-5-6-12-17(13-11-14(2)3)20(18,19)16-9-7-15(4)8-10-16/h5,7-12H,13H2,1-4H3. The molecule has 3 nitrogen and oxygen atoms in total. The monoisotopic (exact) mass is 291 g/mol. The minimum atomic E-state index is -3.54. The summed E-state index contributed by atoms with van der Waals surface area (Å²) in [5, 5.41) is 0. The Labute approximate surface area is 122 Å². The first kappa shape index (κ1) is 16.3. The van der Waals surface area contributed by atoms with Crippen LogP contribution in [0.1, 0.15) is 26.3 Å². The van der Waals surface area contributed by atoms with Gasteiger partial charge in [0.25, 0.3) is 10.0 Å². The third-order valence-corrected chi connectivity index (χ3v) is 4.43. The predicted molar refractivity (Wildman–Crippen MR) is 82.8 cm³/mol. The molecule has 108 valence electrons. The van der Waals surface area contributed by atoms with Crippen LogP contribution in [-0.2, 0) is 10.0 Å². The molecule has 0 amide bonds. The van der Waals surface area contributed by atoms with Crippen molar-refractivity contribution >= 4 is 10.0 Å². The van der Waals surface area contributed by atoms with Crippen molar-refractivity contribution in [2.45, 2.75) is 32.6 Å². The van der Waals surface area contributed by atoms with Crippen LogP contribution in [0.2, 0.25) is 0 Å². The number of allylic oxidation sites excluding steroid dienone is 2. The Bertz CT molecular complexity index is 630. The quantitative estimate of drug-likeness (QED) is 0.613. The summed E-state index contributed by atoms with van der Waals surface area (Å²) in [5.74, 6) is 0. The minimum absolute atomic E-state index is 0.291. The van der Waals surface area contributed by atoms with Gasteiger partial charge in [0.15, 0.2) is 0 Å². The van der Waals surface area contributed by atoms with Crippen LogP contribution in [0.25, 0.3) is 0 Å². The minimum Gasteiger partial charge on any atom is -0.262 e. The molecule has 0 saturated carbocycles. The third kappa shape index (κ3) is 4.41. The van der Waals surface area contributed by atoms with Crippen molar-refractivity contribution in [1.82, 2.24) is 4.31 Å². The van der Waals surface area contributed by atoms with E-state index < -0.39 is 10.0 Å². The molecule has 0 heterocycles. The van der Waals surface area contributed by atoms with E-state index in [0.717, 1.165) is 11.1 Å². The lowest BCUT2D eigenvalue weighted by Gasteiger charge is -2.18. The molecule has 0 N–H and O–H groups in total. The summed E-state index contributed by atoms with van der Waals surface area (Å²) in [4.78, 5) is 0.291. The van der Waals surface area contributed by atoms with Crippen LogP contribution in [0.5, 0.6) is 0 Å². The smallest absolute Gasteiger partial charge is 0.262 e. The molecule has 1 aromatic rings. The van der Waals surface area contributed by atoms with Gasteiger partial charge in [0, 0.05) is 0 Å². The average Bonchev–Trinajstić information content (AvgIpc) is 2.38. The first-order valence-corrected chi connectivity index (χ1v) is 7.91. The Kier molecular flexibility index (Phi) is 5.81. The van der Waals surface area contributed by atoms with Crippen LogP contribution in [0, 0.1) is 6.92 Å². The van der Waals surface area contributed by atoms with Crippen molar-refractivity contribution in [3.63, 3.8) is 0 Å². The lowest BCUT2D eigenvalue weighted by atomic mass is 10.2. The fourth-order valence-corrected chi connectivity index (χ4v) is 2.72. The van der Waals surface area contributed by atoms with Crippen molar-refractivity contribution < 1.29 is 8.42 Å². The van der Waals surface area contributed by atoms with E-state index in [2.05, 4.69) is 5.73 Å². The maximum Gasteiger partial charge on any atom is 0.264 e. The van der Waals surface area contributed by atoms with Gasteiger partial charge in [-0.1, -0.05) is 29.3 Å². The van der Waals surface area contributed by atoms with E-state index in [9.17, 15) is 8.42 Å². The van der Waals surface area contributed by atoms with Crippen molar-refractivity contribution in [2.75, 3.05) is 6.54 Å². The van der Waals surface area contributed by atoms with Gasteiger partial charge in [-0.15, -0.1) is 5.73 Å². The second-order valence-corrected chi connectivity index (χ2v) is 6.64. The Balaban J connectivity index is 3.20. The third-order valence-electron chi connectivity index (χ3n) is 2.69. The second kappa shape index (κ2) is 7.13. The van der Waals surface area contributed by atoms with Gasteiger partial charge in [0.05, 0.1) is 17.6 Å². The van der Waals surface area contributed by atoms with E-state index in [1.54, 1.807) is 37.3 Å². The highest BCUT2D eigenvalue weighted by Gasteiger charge is 2.20. The molecular weight excluding hydrogens is 270 g/mol. The van der Waals surface area contributed by atoms with Gasteiger partial charge in [-0.3, -0.25) is 4.31 Å². The summed E-state index contributed by atoms with van der Waals surface area (Å²) in [6.07, 6.45) is 5.02. The van der Waals surface area contributed by atoms with Crippen molar-refractivity contribution in [3.8, 4) is 0 Å². The maximum atomic E-state index is 12.6. The van der Waals surface area contributed by atoms with Crippen molar-refractivity contribution in [1.29, 1.82) is 0 Å². The van der Waals surface area contributed by atoms with Gasteiger partial charge in [0.1, 0.15) is 0 Å². The highest BCUT2D eigenvalue weighted by molar-refractivity contribution is 7.89. The van der Waals surface area contributed by atoms with Gasteiger partial charge < -0.3 is 0 Å². The number of aryl methyl sites for hydroxylation is 1. The molecule has 20 heavy (non-hydrogen) atoms. The Morgan fingerprint density at radius 3 is 2.35 bits per heavy atom. The first-order valence-electron chi connectivity index (χ1n) is 6.47. The van der Waals surface area contributed by atoms with E-state index in [1.165, 1.54) is 10.5 Å². The van der Waals surface area contributed by atoms with Gasteiger partial charge in [-0.05, 0) is 45.9 Å². The van der Waals surface area contributed by atoms with Gasteiger partial charge in [-0.25, -0.2) is 8.42 Å². The zero-order valence-corrected chi connectivity index (χ0v) is 13.2. The average molecular weight is 291 g/mol. The number of hydrogen-bond acceptors (Lipinski definition) is 2. The Morgan fingerprint density at radius 1 is 1.25 bits per heavy atom. The van der Waals surface area contributed by atoms with Gasteiger partial charge in [0.2, 0.25) is 0 Å². The van der Waals surface area contributed by atoms with E-state index in [1.807, 2.05) is 26.8 Å². The first-order chi connectivity index (χ1) is 9.37. The normalized spacial score (nSPS) is 10.4. The van der Waals surface area contributed by atoms with Crippen LogP contribution in [-0.4, -0.2) is 19.3 Å². The number of sulfonamides is 1. The van der Waals surface area contributed by atoms with Crippen LogP contribution >= 0.6 is 0 Å². The number of benzene rings is 1. The van der Waals surface area contributed by atoms with Gasteiger partial charge >= 0.3 is 0 Å². The van der Waals surface area contributed by atoms with Crippen LogP contribution in [0.15, 0.2) is 58.8 Å². The molecule has 1 rings (SSSR count). The molecule has 0 aliphatic carbocycles. The molecular formula is C16H21NO2S. The molecule has 0 radical (unpaired) electrons. The molecule has 0 aromatic heterocycles. The molecule has 1 aromatic carbocycles. The summed E-state index contributed by atoms with van der Waals surface area (Å²) >= 11 is 0. The molecule has 0 bridgehead atoms. The molecule has 0 saturated heterocycles. The van der Waals surface area contributed by atoms with Crippen LogP contribution in [0.4, 0.5) is 0 Å². The van der Waals surface area contributed by atoms with Crippen molar-refractivity contribution in [2.24, 2.45) is 0 Å². The zero-order valence-electron chi connectivity index (χ0n) is 12.4. The highest BCUT2D eigenvalue weighted by atomic mass is 32.2. The molecule has 0 aliphatic heterocycles. The summed E-state index contributed by atoms with van der Waals surface area (Å²) < 4.78 is 26.4. The largest absolute Gasteiger partial charge is 0.264 e. The van der Waals surface area contributed by atoms with E-state index >= 15 is 0 Å². The second-order valence-electron chi connectivity index (χ2n) is 4.75.